The highest BCUT2D eigenvalue weighted by Crippen LogP contribution is 2.57. The summed E-state index contributed by atoms with van der Waals surface area (Å²) in [5.41, 5.74) is 0.802. The van der Waals surface area contributed by atoms with Crippen LogP contribution < -0.4 is 0 Å². The Morgan fingerprint density at radius 3 is 1.72 bits per heavy atom. The van der Waals surface area contributed by atoms with E-state index < -0.39 is 29.3 Å². The van der Waals surface area contributed by atoms with Crippen LogP contribution in [-0.4, -0.2) is 5.78 Å². The summed E-state index contributed by atoms with van der Waals surface area (Å²) in [5.74, 6) is -0.512. The van der Waals surface area contributed by atoms with Crippen molar-refractivity contribution in [2.75, 3.05) is 0 Å². The van der Waals surface area contributed by atoms with Gasteiger partial charge in [0.25, 0.3) is 0 Å². The Bertz CT molecular complexity index is 1160. The SMILES string of the molecule is C=C1c2cc(C(F)(F)F)ccc2-c2c1sc1c2-c2ccc(C(F)(F)F)cc2C1=O. The van der Waals surface area contributed by atoms with Crippen LogP contribution in [0.2, 0.25) is 0 Å². The summed E-state index contributed by atoms with van der Waals surface area (Å²) in [5, 5.41) is 0. The fourth-order valence-corrected chi connectivity index (χ4v) is 5.14. The number of carbonyl (C=O) groups is 1. The van der Waals surface area contributed by atoms with Crippen LogP contribution in [0.1, 0.15) is 36.8 Å². The average molecular weight is 422 g/mol. The van der Waals surface area contributed by atoms with Gasteiger partial charge >= 0.3 is 12.4 Å². The third-order valence-electron chi connectivity index (χ3n) is 5.19. The van der Waals surface area contributed by atoms with Crippen molar-refractivity contribution in [1.82, 2.24) is 0 Å². The first-order chi connectivity index (χ1) is 13.5. The van der Waals surface area contributed by atoms with Crippen molar-refractivity contribution in [3.63, 3.8) is 0 Å². The van der Waals surface area contributed by atoms with Gasteiger partial charge in [0.2, 0.25) is 5.78 Å². The second kappa shape index (κ2) is 5.38. The topological polar surface area (TPSA) is 17.1 Å². The molecular formula is C21H8F6OS. The number of benzene rings is 2. The number of fused-ring (bicyclic) bond motifs is 7. The van der Waals surface area contributed by atoms with Crippen LogP contribution in [-0.2, 0) is 12.4 Å². The van der Waals surface area contributed by atoms with Crippen LogP contribution in [0.4, 0.5) is 26.3 Å². The Labute approximate surface area is 163 Å². The number of halogens is 6. The maximum absolute atomic E-state index is 13.1. The maximum atomic E-state index is 13.1. The summed E-state index contributed by atoms with van der Waals surface area (Å²) in [6, 6.07) is 6.28. The number of thiophene rings is 1. The molecule has 0 unspecified atom stereocenters. The minimum Gasteiger partial charge on any atom is -0.288 e. The van der Waals surface area contributed by atoms with E-state index in [1.807, 2.05) is 0 Å². The number of hydrogen-bond acceptors (Lipinski definition) is 2. The first-order valence-corrected chi connectivity index (χ1v) is 9.14. The number of carbonyl (C=O) groups excluding carboxylic acids is 1. The summed E-state index contributed by atoms with van der Waals surface area (Å²) in [7, 11) is 0. The molecule has 0 radical (unpaired) electrons. The van der Waals surface area contributed by atoms with E-state index in [0.717, 1.165) is 35.6 Å². The van der Waals surface area contributed by atoms with Crippen LogP contribution in [0.3, 0.4) is 0 Å². The van der Waals surface area contributed by atoms with E-state index in [9.17, 15) is 31.1 Å². The van der Waals surface area contributed by atoms with E-state index in [4.69, 9.17) is 0 Å². The standard InChI is InChI=1S/C21H8F6OS/c1-8-13-6-9(20(22,23)24)2-4-11(13)15-16-12-5-3-10(21(25,26)27)7-14(12)17(28)19(16)29-18(8)15/h2-7H,1H2. The largest absolute Gasteiger partial charge is 0.416 e. The molecule has 0 fully saturated rings. The molecule has 0 saturated carbocycles. The predicted molar refractivity (Wildman–Crippen MR) is 96.8 cm³/mol. The minimum atomic E-state index is -4.58. The van der Waals surface area contributed by atoms with Crippen LogP contribution in [0, 0.1) is 0 Å². The smallest absolute Gasteiger partial charge is 0.288 e. The van der Waals surface area contributed by atoms with Crippen molar-refractivity contribution in [2.45, 2.75) is 12.4 Å². The molecule has 0 N–H and O–H groups in total. The zero-order valence-corrected chi connectivity index (χ0v) is 15.1. The molecule has 0 amide bonds. The third kappa shape index (κ3) is 2.38. The van der Waals surface area contributed by atoms with Crippen LogP contribution in [0.15, 0.2) is 43.0 Å². The molecule has 2 aromatic carbocycles. The lowest BCUT2D eigenvalue weighted by molar-refractivity contribution is -0.138. The number of alkyl halides is 6. The second-order valence-corrected chi connectivity index (χ2v) is 7.85. The summed E-state index contributed by atoms with van der Waals surface area (Å²) in [4.78, 5) is 13.6. The lowest BCUT2D eigenvalue weighted by Gasteiger charge is -2.10. The van der Waals surface area contributed by atoms with Crippen molar-refractivity contribution < 1.29 is 31.1 Å². The second-order valence-electron chi connectivity index (χ2n) is 6.83. The maximum Gasteiger partial charge on any atom is 0.416 e. The summed E-state index contributed by atoms with van der Waals surface area (Å²) in [6.07, 6.45) is -9.09. The molecule has 0 bridgehead atoms. The predicted octanol–water partition coefficient (Wildman–Crippen LogP) is 7.04. The molecule has 2 aliphatic rings. The quantitative estimate of drug-likeness (QED) is 0.245. The van der Waals surface area contributed by atoms with Gasteiger partial charge in [-0.1, -0.05) is 18.7 Å². The van der Waals surface area contributed by atoms with Gasteiger partial charge in [-0.05, 0) is 46.5 Å². The molecule has 0 atom stereocenters. The van der Waals surface area contributed by atoms with Crippen LogP contribution in [0.25, 0.3) is 27.8 Å². The highest BCUT2D eigenvalue weighted by molar-refractivity contribution is 7.17. The zero-order valence-electron chi connectivity index (χ0n) is 14.3. The van der Waals surface area contributed by atoms with Gasteiger partial charge in [0.05, 0.1) is 16.0 Å². The van der Waals surface area contributed by atoms with Gasteiger partial charge in [-0.3, -0.25) is 4.79 Å². The number of rotatable bonds is 0. The van der Waals surface area contributed by atoms with E-state index in [-0.39, 0.29) is 10.4 Å². The van der Waals surface area contributed by atoms with Crippen molar-refractivity contribution in [3.05, 3.63) is 75.0 Å². The van der Waals surface area contributed by atoms with Crippen molar-refractivity contribution in [3.8, 4) is 22.3 Å². The molecule has 5 rings (SSSR count). The van der Waals surface area contributed by atoms with E-state index in [0.29, 0.717) is 38.3 Å². The van der Waals surface area contributed by atoms with E-state index in [1.54, 1.807) is 0 Å². The lowest BCUT2D eigenvalue weighted by atomic mass is 9.97. The molecule has 0 spiro atoms. The van der Waals surface area contributed by atoms with Crippen LogP contribution >= 0.6 is 11.3 Å². The van der Waals surface area contributed by atoms with E-state index >= 15 is 0 Å². The van der Waals surface area contributed by atoms with Gasteiger partial charge in [-0.15, -0.1) is 11.3 Å². The molecule has 0 saturated heterocycles. The Balaban J connectivity index is 1.73. The lowest BCUT2D eigenvalue weighted by Crippen LogP contribution is -2.06. The van der Waals surface area contributed by atoms with E-state index in [1.165, 1.54) is 12.1 Å². The first-order valence-electron chi connectivity index (χ1n) is 8.33. The average Bonchev–Trinajstić information content (AvgIpc) is 3.23. The molecule has 2 aliphatic carbocycles. The third-order valence-corrected chi connectivity index (χ3v) is 6.44. The highest BCUT2D eigenvalue weighted by atomic mass is 32.1. The van der Waals surface area contributed by atoms with Crippen molar-refractivity contribution >= 4 is 22.7 Å². The Morgan fingerprint density at radius 1 is 0.690 bits per heavy atom. The van der Waals surface area contributed by atoms with Crippen LogP contribution in [0.5, 0.6) is 0 Å². The van der Waals surface area contributed by atoms with Gasteiger partial charge < -0.3 is 0 Å². The van der Waals surface area contributed by atoms with Crippen molar-refractivity contribution in [1.29, 1.82) is 0 Å². The molecule has 1 nitrogen and oxygen atoms in total. The molecule has 1 heterocycles. The van der Waals surface area contributed by atoms with Gasteiger partial charge in [-0.2, -0.15) is 26.3 Å². The zero-order chi connectivity index (χ0) is 20.9. The normalized spacial score (nSPS) is 14.7. The summed E-state index contributed by atoms with van der Waals surface area (Å²) in [6.45, 7) is 3.88. The highest BCUT2D eigenvalue weighted by Gasteiger charge is 2.41. The fraction of sp³-hybridized carbons (Fsp3) is 0.0952. The molecule has 8 heteroatoms. The van der Waals surface area contributed by atoms with Crippen molar-refractivity contribution in [2.24, 2.45) is 0 Å². The van der Waals surface area contributed by atoms with Gasteiger partial charge in [0.1, 0.15) is 0 Å². The summed E-state index contributed by atoms with van der Waals surface area (Å²) < 4.78 is 78.3. The molecule has 146 valence electrons. The minimum absolute atomic E-state index is 0.0464. The molecule has 29 heavy (non-hydrogen) atoms. The Morgan fingerprint density at radius 2 is 1.17 bits per heavy atom. The Hall–Kier alpha value is -2.87. The first kappa shape index (κ1) is 18.2. The monoisotopic (exact) mass is 422 g/mol. The van der Waals surface area contributed by atoms with Gasteiger partial charge in [-0.25, -0.2) is 0 Å². The summed E-state index contributed by atoms with van der Waals surface area (Å²) >= 11 is 1.06. The van der Waals surface area contributed by atoms with Gasteiger partial charge in [0, 0.05) is 21.6 Å². The fourth-order valence-electron chi connectivity index (χ4n) is 3.88. The van der Waals surface area contributed by atoms with E-state index in [2.05, 4.69) is 6.58 Å². The molecule has 0 aliphatic heterocycles. The number of ketones is 1. The molecule has 3 aromatic rings. The Kier molecular flexibility index (Phi) is 3.37. The van der Waals surface area contributed by atoms with Gasteiger partial charge in [0.15, 0.2) is 0 Å². The molecular weight excluding hydrogens is 414 g/mol. The molecule has 1 aromatic heterocycles. The number of hydrogen-bond donors (Lipinski definition) is 0.